The number of hydrogen-bond donors (Lipinski definition) is 2. The Morgan fingerprint density at radius 3 is 2.38 bits per heavy atom. The van der Waals surface area contributed by atoms with Gasteiger partial charge in [0.1, 0.15) is 0 Å². The van der Waals surface area contributed by atoms with Crippen LogP contribution >= 0.6 is 0 Å². The van der Waals surface area contributed by atoms with Crippen molar-refractivity contribution in [3.8, 4) is 0 Å². The first-order valence-corrected chi connectivity index (χ1v) is 6.53. The fourth-order valence-corrected chi connectivity index (χ4v) is 1.61. The molecule has 0 aliphatic heterocycles. The molecule has 0 aliphatic rings. The van der Waals surface area contributed by atoms with Crippen LogP contribution < -0.4 is 5.32 Å². The number of rotatable bonds is 9. The Morgan fingerprint density at radius 1 is 1.31 bits per heavy atom. The fraction of sp³-hybridized carbons (Fsp3) is 1.00. The van der Waals surface area contributed by atoms with Crippen LogP contribution in [0, 0.1) is 0 Å². The van der Waals surface area contributed by atoms with E-state index in [1.54, 1.807) is 0 Å². The number of aliphatic hydroxyl groups is 1. The lowest BCUT2D eigenvalue weighted by molar-refractivity contribution is 0.127. The van der Waals surface area contributed by atoms with Crippen LogP contribution in [0.2, 0.25) is 0 Å². The predicted octanol–water partition coefficient (Wildman–Crippen LogP) is 1.86. The maximum absolute atomic E-state index is 9.05. The van der Waals surface area contributed by atoms with E-state index in [2.05, 4.69) is 45.0 Å². The molecule has 0 rings (SSSR count). The molecule has 0 aromatic carbocycles. The van der Waals surface area contributed by atoms with Crippen molar-refractivity contribution >= 4 is 0 Å². The smallest absolute Gasteiger partial charge is 0.0446 e. The van der Waals surface area contributed by atoms with Crippen LogP contribution in [0.4, 0.5) is 0 Å². The maximum Gasteiger partial charge on any atom is 0.0446 e. The lowest BCUT2D eigenvalue weighted by Crippen LogP contribution is -2.48. The summed E-state index contributed by atoms with van der Waals surface area (Å²) in [5.41, 5.74) is 0.238. The zero-order valence-corrected chi connectivity index (χ0v) is 11.7. The summed E-state index contributed by atoms with van der Waals surface area (Å²) in [6, 6.07) is 0.403. The summed E-state index contributed by atoms with van der Waals surface area (Å²) in [5.74, 6) is 0. The van der Waals surface area contributed by atoms with E-state index in [-0.39, 0.29) is 12.1 Å². The van der Waals surface area contributed by atoms with Gasteiger partial charge in [-0.05, 0) is 46.7 Å². The molecule has 98 valence electrons. The van der Waals surface area contributed by atoms with Gasteiger partial charge in [-0.15, -0.1) is 0 Å². The Balaban J connectivity index is 4.15. The number of nitrogens with zero attached hydrogens (tertiary/aromatic N) is 1. The van der Waals surface area contributed by atoms with E-state index in [9.17, 15) is 0 Å². The first kappa shape index (κ1) is 15.9. The SMILES string of the molecule is CCCNC(CCO)CN(C)C(C)(C)CC. The molecule has 3 heteroatoms. The summed E-state index contributed by atoms with van der Waals surface area (Å²) in [5, 5.41) is 12.5. The van der Waals surface area contributed by atoms with E-state index in [1.165, 1.54) is 0 Å². The molecule has 0 spiro atoms. The first-order chi connectivity index (χ1) is 7.47. The molecule has 0 aromatic heterocycles. The predicted molar refractivity (Wildman–Crippen MR) is 70.8 cm³/mol. The highest BCUT2D eigenvalue weighted by atomic mass is 16.3. The second kappa shape index (κ2) is 8.04. The minimum Gasteiger partial charge on any atom is -0.396 e. The van der Waals surface area contributed by atoms with E-state index < -0.39 is 0 Å². The van der Waals surface area contributed by atoms with Gasteiger partial charge in [-0.25, -0.2) is 0 Å². The highest BCUT2D eigenvalue weighted by molar-refractivity contribution is 4.81. The summed E-state index contributed by atoms with van der Waals surface area (Å²) >= 11 is 0. The fourth-order valence-electron chi connectivity index (χ4n) is 1.61. The molecule has 16 heavy (non-hydrogen) atoms. The normalized spacial score (nSPS) is 14.4. The van der Waals surface area contributed by atoms with Crippen LogP contribution in [0.5, 0.6) is 0 Å². The van der Waals surface area contributed by atoms with Crippen molar-refractivity contribution in [3.05, 3.63) is 0 Å². The van der Waals surface area contributed by atoms with Crippen LogP contribution in [0.3, 0.4) is 0 Å². The Hall–Kier alpha value is -0.120. The van der Waals surface area contributed by atoms with Crippen LogP contribution in [-0.2, 0) is 0 Å². The quantitative estimate of drug-likeness (QED) is 0.634. The standard InChI is InChI=1S/C13H30N2O/c1-6-9-14-12(8-10-16)11-15(5)13(3,4)7-2/h12,14,16H,6-11H2,1-5H3. The Labute approximate surface area is 101 Å². The van der Waals surface area contributed by atoms with Crippen LogP contribution in [0.15, 0.2) is 0 Å². The lowest BCUT2D eigenvalue weighted by atomic mass is 9.99. The number of aliphatic hydroxyl groups excluding tert-OH is 1. The lowest BCUT2D eigenvalue weighted by Gasteiger charge is -2.37. The van der Waals surface area contributed by atoms with Crippen molar-refractivity contribution in [2.45, 2.75) is 58.5 Å². The number of likely N-dealkylation sites (N-methyl/N-ethyl adjacent to an activating group) is 1. The summed E-state index contributed by atoms with van der Waals surface area (Å²) in [6.07, 6.45) is 3.12. The largest absolute Gasteiger partial charge is 0.396 e. The van der Waals surface area contributed by atoms with E-state index in [4.69, 9.17) is 5.11 Å². The van der Waals surface area contributed by atoms with Gasteiger partial charge in [-0.1, -0.05) is 13.8 Å². The number of hydrogen-bond acceptors (Lipinski definition) is 3. The maximum atomic E-state index is 9.05. The molecule has 3 nitrogen and oxygen atoms in total. The van der Waals surface area contributed by atoms with Gasteiger partial charge in [0.15, 0.2) is 0 Å². The first-order valence-electron chi connectivity index (χ1n) is 6.53. The third-order valence-electron chi connectivity index (χ3n) is 3.55. The molecule has 0 bridgehead atoms. The van der Waals surface area contributed by atoms with Crippen LogP contribution in [0.25, 0.3) is 0 Å². The number of nitrogens with one attached hydrogen (secondary N) is 1. The molecule has 0 radical (unpaired) electrons. The summed E-state index contributed by atoms with van der Waals surface area (Å²) in [4.78, 5) is 2.38. The average molecular weight is 230 g/mol. The van der Waals surface area contributed by atoms with Gasteiger partial charge in [-0.3, -0.25) is 4.90 Å². The molecule has 0 saturated carbocycles. The highest BCUT2D eigenvalue weighted by Crippen LogP contribution is 2.16. The van der Waals surface area contributed by atoms with Crippen molar-refractivity contribution in [2.24, 2.45) is 0 Å². The van der Waals surface area contributed by atoms with E-state index in [1.807, 2.05) is 0 Å². The monoisotopic (exact) mass is 230 g/mol. The molecule has 0 heterocycles. The molecule has 0 amide bonds. The van der Waals surface area contributed by atoms with Crippen molar-refractivity contribution < 1.29 is 5.11 Å². The molecule has 1 atom stereocenters. The van der Waals surface area contributed by atoms with E-state index >= 15 is 0 Å². The highest BCUT2D eigenvalue weighted by Gasteiger charge is 2.23. The van der Waals surface area contributed by atoms with Gasteiger partial charge >= 0.3 is 0 Å². The van der Waals surface area contributed by atoms with Gasteiger partial charge in [-0.2, -0.15) is 0 Å². The second-order valence-corrected chi connectivity index (χ2v) is 5.21. The van der Waals surface area contributed by atoms with Crippen LogP contribution in [-0.4, -0.2) is 48.3 Å². The minimum atomic E-state index is 0.238. The van der Waals surface area contributed by atoms with Gasteiger partial charge in [0.25, 0.3) is 0 Å². The van der Waals surface area contributed by atoms with Crippen molar-refractivity contribution in [2.75, 3.05) is 26.7 Å². The van der Waals surface area contributed by atoms with Crippen molar-refractivity contribution in [3.63, 3.8) is 0 Å². The van der Waals surface area contributed by atoms with Gasteiger partial charge < -0.3 is 10.4 Å². The van der Waals surface area contributed by atoms with Gasteiger partial charge in [0.2, 0.25) is 0 Å². The summed E-state index contributed by atoms with van der Waals surface area (Å²) in [6.45, 7) is 11.2. The third kappa shape index (κ3) is 5.83. The molecular weight excluding hydrogens is 200 g/mol. The molecule has 0 saturated heterocycles. The Bertz CT molecular complexity index is 171. The van der Waals surface area contributed by atoms with Gasteiger partial charge in [0.05, 0.1) is 0 Å². The average Bonchev–Trinajstić information content (AvgIpc) is 2.26. The zero-order chi connectivity index (χ0) is 12.6. The minimum absolute atomic E-state index is 0.238. The molecule has 2 N–H and O–H groups in total. The molecule has 1 unspecified atom stereocenters. The topological polar surface area (TPSA) is 35.5 Å². The van der Waals surface area contributed by atoms with E-state index in [0.717, 1.165) is 32.4 Å². The second-order valence-electron chi connectivity index (χ2n) is 5.21. The zero-order valence-electron chi connectivity index (χ0n) is 11.7. The molecule has 0 aromatic rings. The molecule has 0 fully saturated rings. The molecule has 0 aliphatic carbocycles. The Kier molecular flexibility index (Phi) is 7.98. The Morgan fingerprint density at radius 2 is 1.94 bits per heavy atom. The van der Waals surface area contributed by atoms with Crippen molar-refractivity contribution in [1.29, 1.82) is 0 Å². The van der Waals surface area contributed by atoms with E-state index in [0.29, 0.717) is 6.04 Å². The third-order valence-corrected chi connectivity index (χ3v) is 3.55. The summed E-state index contributed by atoms with van der Waals surface area (Å²) in [7, 11) is 2.17. The molecular formula is C13H30N2O. The van der Waals surface area contributed by atoms with Crippen molar-refractivity contribution in [1.82, 2.24) is 10.2 Å². The van der Waals surface area contributed by atoms with Gasteiger partial charge in [0, 0.05) is 24.7 Å². The summed E-state index contributed by atoms with van der Waals surface area (Å²) < 4.78 is 0. The van der Waals surface area contributed by atoms with Crippen LogP contribution in [0.1, 0.15) is 47.0 Å².